The van der Waals surface area contributed by atoms with E-state index in [4.69, 9.17) is 4.74 Å². The third kappa shape index (κ3) is 3.83. The molecule has 2 aromatic carbocycles. The molecule has 6 nitrogen and oxygen atoms in total. The number of carbonyl (C=O) groups is 2. The molecule has 1 fully saturated rings. The molecule has 2 aliphatic heterocycles. The number of nitrogens with zero attached hydrogens (tertiary/aromatic N) is 3. The van der Waals surface area contributed by atoms with E-state index in [9.17, 15) is 9.59 Å². The Morgan fingerprint density at radius 2 is 1.53 bits per heavy atom. The molecule has 2 aromatic rings. The highest BCUT2D eigenvalue weighted by molar-refractivity contribution is 6.45. The Kier molecular flexibility index (Phi) is 5.86. The number of hydrogen-bond acceptors (Lipinski definition) is 5. The smallest absolute Gasteiger partial charge is 0.282 e. The van der Waals surface area contributed by atoms with Gasteiger partial charge in [-0.1, -0.05) is 37.3 Å². The summed E-state index contributed by atoms with van der Waals surface area (Å²) in [5.41, 5.74) is 2.30. The second kappa shape index (κ2) is 8.71. The lowest BCUT2D eigenvalue weighted by Crippen LogP contribution is -2.46. The number of para-hydroxylation sites is 1. The monoisotopic (exact) mass is 405 g/mol. The average Bonchev–Trinajstić information content (AvgIpc) is 3.04. The maximum Gasteiger partial charge on any atom is 0.282 e. The Morgan fingerprint density at radius 1 is 0.867 bits per heavy atom. The van der Waals surface area contributed by atoms with Crippen LogP contribution in [-0.2, 0) is 9.59 Å². The van der Waals surface area contributed by atoms with Crippen LogP contribution in [0.2, 0.25) is 0 Å². The summed E-state index contributed by atoms with van der Waals surface area (Å²) in [6, 6.07) is 16.6. The Balaban J connectivity index is 1.73. The molecule has 4 rings (SSSR count). The van der Waals surface area contributed by atoms with Crippen molar-refractivity contribution in [3.8, 4) is 5.75 Å². The summed E-state index contributed by atoms with van der Waals surface area (Å²) in [4.78, 5) is 32.5. The summed E-state index contributed by atoms with van der Waals surface area (Å²) < 4.78 is 5.67. The van der Waals surface area contributed by atoms with Gasteiger partial charge in [0.05, 0.1) is 17.9 Å². The summed E-state index contributed by atoms with van der Waals surface area (Å²) in [7, 11) is 2.07. The van der Waals surface area contributed by atoms with Gasteiger partial charge in [0.15, 0.2) is 0 Å². The SMILES string of the molecule is CCCOc1ccc(C2=C(N3CCN(C)CC3)C(=O)N(c3ccccc3)C2=O)cc1. The highest BCUT2D eigenvalue weighted by atomic mass is 16.5. The fourth-order valence-electron chi connectivity index (χ4n) is 3.85. The van der Waals surface area contributed by atoms with Gasteiger partial charge in [0.2, 0.25) is 0 Å². The van der Waals surface area contributed by atoms with Crippen molar-refractivity contribution in [2.75, 3.05) is 44.7 Å². The maximum absolute atomic E-state index is 13.5. The molecule has 0 atom stereocenters. The predicted octanol–water partition coefficient (Wildman–Crippen LogP) is 3.01. The van der Waals surface area contributed by atoms with Gasteiger partial charge in [-0.3, -0.25) is 9.59 Å². The maximum atomic E-state index is 13.5. The summed E-state index contributed by atoms with van der Waals surface area (Å²) in [6.07, 6.45) is 0.930. The Hall–Kier alpha value is -3.12. The molecule has 0 N–H and O–H groups in total. The number of benzene rings is 2. The molecule has 0 bridgehead atoms. The minimum absolute atomic E-state index is 0.253. The lowest BCUT2D eigenvalue weighted by atomic mass is 10.0. The molecule has 156 valence electrons. The Bertz CT molecular complexity index is 945. The number of hydrogen-bond donors (Lipinski definition) is 0. The highest BCUT2D eigenvalue weighted by Crippen LogP contribution is 2.35. The summed E-state index contributed by atoms with van der Waals surface area (Å²) >= 11 is 0. The fraction of sp³-hybridized carbons (Fsp3) is 0.333. The molecule has 0 aliphatic carbocycles. The minimum Gasteiger partial charge on any atom is -0.494 e. The van der Waals surface area contributed by atoms with Gasteiger partial charge in [0.25, 0.3) is 11.8 Å². The molecule has 1 saturated heterocycles. The van der Waals surface area contributed by atoms with E-state index in [2.05, 4.69) is 23.8 Å². The molecule has 2 heterocycles. The zero-order chi connectivity index (χ0) is 21.1. The van der Waals surface area contributed by atoms with E-state index in [1.54, 1.807) is 12.1 Å². The molecular formula is C24H27N3O3. The molecule has 2 aliphatic rings. The number of ether oxygens (including phenoxy) is 1. The molecule has 0 unspecified atom stereocenters. The van der Waals surface area contributed by atoms with Gasteiger partial charge in [-0.15, -0.1) is 0 Å². The number of amides is 2. The van der Waals surface area contributed by atoms with E-state index in [0.717, 1.165) is 30.8 Å². The summed E-state index contributed by atoms with van der Waals surface area (Å²) in [5.74, 6) is 0.235. The van der Waals surface area contributed by atoms with Crippen molar-refractivity contribution >= 4 is 23.1 Å². The van der Waals surface area contributed by atoms with E-state index in [0.29, 0.717) is 36.7 Å². The van der Waals surface area contributed by atoms with Crippen molar-refractivity contribution in [2.24, 2.45) is 0 Å². The van der Waals surface area contributed by atoms with E-state index in [1.807, 2.05) is 42.5 Å². The van der Waals surface area contributed by atoms with Crippen LogP contribution in [0.4, 0.5) is 5.69 Å². The van der Waals surface area contributed by atoms with Gasteiger partial charge in [0, 0.05) is 26.2 Å². The number of anilines is 1. The van der Waals surface area contributed by atoms with E-state index < -0.39 is 0 Å². The van der Waals surface area contributed by atoms with Crippen LogP contribution >= 0.6 is 0 Å². The standard InChI is InChI=1S/C24H27N3O3/c1-3-17-30-20-11-9-18(10-12-20)21-22(26-15-13-25(2)14-16-26)24(29)27(23(21)28)19-7-5-4-6-8-19/h4-12H,3,13-17H2,1-2H3. The van der Waals surface area contributed by atoms with E-state index in [1.165, 1.54) is 4.90 Å². The Labute approximate surface area is 177 Å². The Morgan fingerprint density at radius 3 is 2.17 bits per heavy atom. The molecule has 30 heavy (non-hydrogen) atoms. The predicted molar refractivity (Wildman–Crippen MR) is 117 cm³/mol. The first-order valence-electron chi connectivity index (χ1n) is 10.4. The normalized spacial score (nSPS) is 17.8. The molecule has 0 saturated carbocycles. The van der Waals surface area contributed by atoms with Crippen LogP contribution in [0.3, 0.4) is 0 Å². The number of likely N-dealkylation sites (N-methyl/N-ethyl adjacent to an activating group) is 1. The van der Waals surface area contributed by atoms with Gasteiger partial charge >= 0.3 is 0 Å². The van der Waals surface area contributed by atoms with Crippen molar-refractivity contribution in [1.82, 2.24) is 9.80 Å². The zero-order valence-corrected chi connectivity index (χ0v) is 17.5. The lowest BCUT2D eigenvalue weighted by Gasteiger charge is -2.34. The van der Waals surface area contributed by atoms with Crippen molar-refractivity contribution in [1.29, 1.82) is 0 Å². The van der Waals surface area contributed by atoms with Crippen LogP contribution in [0.1, 0.15) is 18.9 Å². The van der Waals surface area contributed by atoms with Crippen LogP contribution in [0, 0.1) is 0 Å². The number of piperazine rings is 1. The van der Waals surface area contributed by atoms with E-state index >= 15 is 0 Å². The highest BCUT2D eigenvalue weighted by Gasteiger charge is 2.42. The van der Waals surface area contributed by atoms with Crippen LogP contribution < -0.4 is 9.64 Å². The van der Waals surface area contributed by atoms with Gasteiger partial charge in [-0.05, 0) is 43.3 Å². The molecular weight excluding hydrogens is 378 g/mol. The minimum atomic E-state index is -0.276. The zero-order valence-electron chi connectivity index (χ0n) is 17.5. The topological polar surface area (TPSA) is 53.1 Å². The van der Waals surface area contributed by atoms with Crippen LogP contribution in [0.5, 0.6) is 5.75 Å². The van der Waals surface area contributed by atoms with Crippen LogP contribution in [-0.4, -0.2) is 61.4 Å². The average molecular weight is 405 g/mol. The van der Waals surface area contributed by atoms with Crippen LogP contribution in [0.25, 0.3) is 5.57 Å². The first kappa shape index (κ1) is 20.2. The molecule has 6 heteroatoms. The van der Waals surface area contributed by atoms with Crippen molar-refractivity contribution in [3.63, 3.8) is 0 Å². The van der Waals surface area contributed by atoms with Gasteiger partial charge in [0.1, 0.15) is 11.4 Å². The molecule has 0 aromatic heterocycles. The van der Waals surface area contributed by atoms with Crippen molar-refractivity contribution in [3.05, 3.63) is 65.9 Å². The van der Waals surface area contributed by atoms with Gasteiger partial charge in [-0.2, -0.15) is 0 Å². The van der Waals surface area contributed by atoms with Gasteiger partial charge < -0.3 is 14.5 Å². The van der Waals surface area contributed by atoms with Gasteiger partial charge in [-0.25, -0.2) is 4.90 Å². The first-order chi connectivity index (χ1) is 14.6. The quantitative estimate of drug-likeness (QED) is 0.692. The molecule has 2 amide bonds. The number of rotatable bonds is 6. The summed E-state index contributed by atoms with van der Waals surface area (Å²) in [5, 5.41) is 0. The fourth-order valence-corrected chi connectivity index (χ4v) is 3.85. The largest absolute Gasteiger partial charge is 0.494 e. The molecule has 0 radical (unpaired) electrons. The number of imide groups is 1. The first-order valence-corrected chi connectivity index (χ1v) is 10.4. The summed E-state index contributed by atoms with van der Waals surface area (Å²) in [6.45, 7) is 5.85. The second-order valence-corrected chi connectivity index (χ2v) is 7.67. The van der Waals surface area contributed by atoms with Crippen LogP contribution in [0.15, 0.2) is 60.3 Å². The third-order valence-corrected chi connectivity index (χ3v) is 5.51. The number of carbonyl (C=O) groups excluding carboxylic acids is 2. The molecule has 0 spiro atoms. The van der Waals surface area contributed by atoms with E-state index in [-0.39, 0.29) is 11.8 Å². The lowest BCUT2D eigenvalue weighted by molar-refractivity contribution is -0.120. The third-order valence-electron chi connectivity index (χ3n) is 5.51. The second-order valence-electron chi connectivity index (χ2n) is 7.67. The van der Waals surface area contributed by atoms with Crippen molar-refractivity contribution in [2.45, 2.75) is 13.3 Å². The van der Waals surface area contributed by atoms with Crippen molar-refractivity contribution < 1.29 is 14.3 Å².